The molecule has 3 aliphatic heterocycles. The zero-order chi connectivity index (χ0) is 89.6. The molecule has 4 aromatic heterocycles. The molecular weight excluding hydrogens is 1710 g/mol. The minimum Gasteiger partial charge on any atom is -0.489 e. The summed E-state index contributed by atoms with van der Waals surface area (Å²) in [6.07, 6.45) is 14.0. The van der Waals surface area contributed by atoms with Gasteiger partial charge in [0.1, 0.15) is 38.1 Å². The number of hydrogen-bond acceptors (Lipinski definition) is 27. The highest BCUT2D eigenvalue weighted by Crippen LogP contribution is 2.44. The Balaban J connectivity index is 0.000000171. The molecule has 1 saturated carbocycles. The molecule has 33 heteroatoms. The van der Waals surface area contributed by atoms with Crippen LogP contribution in [-0.4, -0.2) is 182 Å². The molecule has 14 rings (SSSR count). The predicted molar refractivity (Wildman–Crippen MR) is 504 cm³/mol. The zero-order valence-corrected chi connectivity index (χ0v) is 78.2. The average molecular weight is 1820 g/mol. The van der Waals surface area contributed by atoms with Crippen LogP contribution in [-0.2, 0) is 29.5 Å². The number of sulfone groups is 3. The standard InChI is InChI=1S/C33H40ClN7O3S.C30H40ClN5O4S.C29H36ClN5O3S/c1-21(2)44-29-18-25(24-11-12-31(35-19-24)41-15-13-40(6)14-16-41)23(5)17-28(29)38-33-36-20-26(34)32(39-33)37-27-9-7-8-10-30(27)45(42,43)22(3)4;1-19(2)40-27-17-23(22-10-12-36(13-11-22)14-15-37)21(5)16-26(27)34-30-32-18-24(31)29(35-30)33-25-8-6-7-9-28(25)41(38,39)20(3)4;1-18(2)39(36,37)27-10-5-4-9-24(27)33-28-23(30)17-32-29(35-28)34-25-15-19(3)22(20-11-13-31-14-12-20)16-26(25)38-21-7-6-8-21/h7-12,17-22H,13-16H2,1-6H3,(H2,36,37,38,39);6-9,16-20,22,37H,10-15H2,1-5H3,(H2,32,33,34,35);4-5,9-10,15-18,20-21,31H,6-8,11-14H2,1-3H3,(H2,32,33,34,35). The number of piperidine rings is 2. The van der Waals surface area contributed by atoms with Gasteiger partial charge in [0.15, 0.2) is 47.0 Å². The second kappa shape index (κ2) is 42.3. The summed E-state index contributed by atoms with van der Waals surface area (Å²) in [6, 6.07) is 36.8. The van der Waals surface area contributed by atoms with E-state index in [9.17, 15) is 30.4 Å². The molecule has 1 aliphatic carbocycles. The number of anilines is 13. The fourth-order valence-corrected chi connectivity index (χ4v) is 19.1. The van der Waals surface area contributed by atoms with E-state index in [4.69, 9.17) is 54.0 Å². The summed E-state index contributed by atoms with van der Waals surface area (Å²) in [7, 11) is -8.46. The number of nitrogens with zero attached hydrogens (tertiary/aromatic N) is 10. The van der Waals surface area contributed by atoms with Crippen molar-refractivity contribution >= 4 is 140 Å². The topological polar surface area (TPSA) is 334 Å². The SMILES string of the molecule is Cc1cc(Nc2ncc(Cl)c(Nc3ccccc3S(=O)(=O)C(C)C)n2)c(OC(C)C)cc1-c1ccc(N2CCN(C)CC2)nc1.Cc1cc(Nc2ncc(Cl)c(Nc3ccccc3S(=O)(=O)C(C)C)n2)c(OC(C)C)cc1C1CCN(CCO)CC1.Cc1cc(Nc2ncc(Cl)c(Nc3ccccc3S(=O)(=O)C(C)C)n2)c(OC2CCC2)cc1C1CCNCC1. The number of aryl methyl sites for hydroxylation is 3. The summed E-state index contributed by atoms with van der Waals surface area (Å²) in [5.41, 5.74) is 11.4. The number of likely N-dealkylation sites (tertiary alicyclic amines) is 1. The van der Waals surface area contributed by atoms with Crippen LogP contribution in [0.1, 0.15) is 154 Å². The summed E-state index contributed by atoms with van der Waals surface area (Å²) in [6.45, 7) is 32.9. The van der Waals surface area contributed by atoms with Crippen LogP contribution in [0.3, 0.4) is 0 Å². The monoisotopic (exact) mass is 1820 g/mol. The average Bonchev–Trinajstić information content (AvgIpc) is 0.813. The van der Waals surface area contributed by atoms with E-state index in [1.807, 2.05) is 52.9 Å². The number of aromatic nitrogens is 7. The maximum Gasteiger partial charge on any atom is 0.229 e. The molecule has 27 nitrogen and oxygen atoms in total. The first-order chi connectivity index (χ1) is 59.6. The Morgan fingerprint density at radius 1 is 0.456 bits per heavy atom. The molecule has 10 aromatic rings. The maximum absolute atomic E-state index is 13.0. The lowest BCUT2D eigenvalue weighted by Crippen LogP contribution is -2.44. The van der Waals surface area contributed by atoms with Crippen LogP contribution < -0.4 is 56.3 Å². The Bertz CT molecular complexity index is 5760. The van der Waals surface area contributed by atoms with E-state index in [0.717, 1.165) is 136 Å². The van der Waals surface area contributed by atoms with Gasteiger partial charge in [-0.3, -0.25) is 0 Å². The highest BCUT2D eigenvalue weighted by Gasteiger charge is 2.31. The number of likely N-dealkylation sites (N-methyl/N-ethyl adjacent to an activating group) is 1. The predicted octanol–water partition coefficient (Wildman–Crippen LogP) is 19.3. The molecule has 668 valence electrons. The van der Waals surface area contributed by atoms with Gasteiger partial charge >= 0.3 is 0 Å². The third-order valence-electron chi connectivity index (χ3n) is 22.4. The molecule has 8 N–H and O–H groups in total. The fourth-order valence-electron chi connectivity index (χ4n) is 15.1. The molecule has 0 unspecified atom stereocenters. The van der Waals surface area contributed by atoms with Crippen molar-refractivity contribution < 1.29 is 44.6 Å². The van der Waals surface area contributed by atoms with Crippen LogP contribution in [0.5, 0.6) is 17.2 Å². The van der Waals surface area contributed by atoms with Crippen molar-refractivity contribution in [2.75, 3.05) is 109 Å². The Kier molecular flexibility index (Phi) is 31.9. The van der Waals surface area contributed by atoms with Gasteiger partial charge in [-0.05, 0) is 298 Å². The van der Waals surface area contributed by atoms with E-state index in [1.165, 1.54) is 41.7 Å². The molecule has 125 heavy (non-hydrogen) atoms. The Labute approximate surface area is 751 Å². The highest BCUT2D eigenvalue weighted by molar-refractivity contribution is 7.92. The van der Waals surface area contributed by atoms with Crippen molar-refractivity contribution in [2.45, 2.75) is 196 Å². The minimum atomic E-state index is -3.55. The molecule has 0 bridgehead atoms. The first kappa shape index (κ1) is 94.4. The van der Waals surface area contributed by atoms with E-state index >= 15 is 0 Å². The lowest BCUT2D eigenvalue weighted by atomic mass is 9.86. The molecule has 0 radical (unpaired) electrons. The first-order valence-corrected chi connectivity index (χ1v) is 48.5. The lowest BCUT2D eigenvalue weighted by molar-refractivity contribution is 0.121. The highest BCUT2D eigenvalue weighted by atomic mass is 35.5. The van der Waals surface area contributed by atoms with Gasteiger partial charge in [-0.1, -0.05) is 71.2 Å². The molecule has 0 amide bonds. The fraction of sp³-hybridized carbons (Fsp3) is 0.424. The summed E-state index contributed by atoms with van der Waals surface area (Å²) in [5.74, 6) is 5.81. The van der Waals surface area contributed by atoms with Crippen LogP contribution in [0.25, 0.3) is 11.1 Å². The Morgan fingerprint density at radius 2 is 0.856 bits per heavy atom. The van der Waals surface area contributed by atoms with E-state index in [1.54, 1.807) is 114 Å². The second-order valence-corrected chi connectivity index (χ2v) is 42.0. The molecule has 6 aromatic carbocycles. The van der Waals surface area contributed by atoms with Crippen LogP contribution in [0.4, 0.5) is 75.2 Å². The number of rotatable bonds is 30. The van der Waals surface area contributed by atoms with Crippen LogP contribution in [0.2, 0.25) is 15.1 Å². The molecule has 7 heterocycles. The van der Waals surface area contributed by atoms with Gasteiger partial charge in [0.2, 0.25) is 17.8 Å². The van der Waals surface area contributed by atoms with Crippen LogP contribution in [0.15, 0.2) is 161 Å². The van der Waals surface area contributed by atoms with Crippen molar-refractivity contribution in [1.82, 2.24) is 50.0 Å². The number of nitrogens with one attached hydrogen (secondary N) is 7. The number of benzene rings is 6. The Hall–Kier alpha value is -9.73. The molecular formula is C92H116Cl3N17O10S3. The zero-order valence-electron chi connectivity index (χ0n) is 73.4. The van der Waals surface area contributed by atoms with Gasteiger partial charge in [0, 0.05) is 44.5 Å². The molecule has 4 aliphatic rings. The number of para-hydroxylation sites is 3. The van der Waals surface area contributed by atoms with Crippen molar-refractivity contribution in [3.8, 4) is 28.4 Å². The summed E-state index contributed by atoms with van der Waals surface area (Å²) in [4.78, 5) is 39.2. The van der Waals surface area contributed by atoms with E-state index in [0.29, 0.717) is 70.3 Å². The smallest absolute Gasteiger partial charge is 0.229 e. The molecule has 0 spiro atoms. The van der Waals surface area contributed by atoms with Gasteiger partial charge in [0.25, 0.3) is 0 Å². The molecule has 0 atom stereocenters. The van der Waals surface area contributed by atoms with Gasteiger partial charge in [-0.25, -0.2) is 45.2 Å². The summed E-state index contributed by atoms with van der Waals surface area (Å²) >= 11 is 19.3. The number of aliphatic hydroxyl groups excluding tert-OH is 1. The second-order valence-electron chi connectivity index (χ2n) is 33.3. The van der Waals surface area contributed by atoms with Crippen molar-refractivity contribution in [2.24, 2.45) is 0 Å². The number of halogens is 3. The van der Waals surface area contributed by atoms with Gasteiger partial charge in [-0.2, -0.15) is 15.0 Å². The van der Waals surface area contributed by atoms with E-state index in [-0.39, 0.29) is 72.3 Å². The number of β-amino-alcohol motifs (C(OH)–C–C–N with tert-alkyl or cyclic N) is 1. The number of ether oxygens (including phenoxy) is 3. The van der Waals surface area contributed by atoms with E-state index < -0.39 is 45.3 Å². The van der Waals surface area contributed by atoms with Crippen molar-refractivity contribution in [3.05, 3.63) is 189 Å². The number of hydrogen-bond donors (Lipinski definition) is 8. The Morgan fingerprint density at radius 3 is 1.25 bits per heavy atom. The third kappa shape index (κ3) is 23.9. The molecule has 3 saturated heterocycles. The normalized spacial score (nSPS) is 15.2. The van der Waals surface area contributed by atoms with Gasteiger partial charge < -0.3 is 71.2 Å². The summed E-state index contributed by atoms with van der Waals surface area (Å²) < 4.78 is 96.6. The van der Waals surface area contributed by atoms with Crippen molar-refractivity contribution in [3.63, 3.8) is 0 Å². The number of aliphatic hydroxyl groups is 1. The minimum absolute atomic E-state index is 0.0414. The molecule has 4 fully saturated rings. The third-order valence-corrected chi connectivity index (χ3v) is 29.9. The lowest BCUT2D eigenvalue weighted by Gasteiger charge is -2.33. The summed E-state index contributed by atoms with van der Waals surface area (Å²) in [5, 5.41) is 31.0. The largest absolute Gasteiger partial charge is 0.489 e. The number of piperazine rings is 1. The van der Waals surface area contributed by atoms with E-state index in [2.05, 4.69) is 139 Å². The number of pyridine rings is 1. The van der Waals surface area contributed by atoms with Gasteiger partial charge in [0.05, 0.1) is 108 Å². The van der Waals surface area contributed by atoms with Crippen LogP contribution in [0, 0.1) is 20.8 Å². The van der Waals surface area contributed by atoms with Crippen molar-refractivity contribution in [1.29, 1.82) is 0 Å². The maximum atomic E-state index is 13.0. The van der Waals surface area contributed by atoms with Gasteiger partial charge in [-0.15, -0.1) is 0 Å². The van der Waals surface area contributed by atoms with Crippen LogP contribution >= 0.6 is 34.8 Å². The first-order valence-electron chi connectivity index (χ1n) is 42.7. The quantitative estimate of drug-likeness (QED) is 0.0207.